The molecule has 2 aromatic carbocycles. The van der Waals surface area contributed by atoms with E-state index in [1.54, 1.807) is 7.11 Å². The zero-order chi connectivity index (χ0) is 16.8. The fourth-order valence-electron chi connectivity index (χ4n) is 2.87. The molecule has 24 heavy (non-hydrogen) atoms. The van der Waals surface area contributed by atoms with E-state index in [1.165, 1.54) is 0 Å². The highest BCUT2D eigenvalue weighted by molar-refractivity contribution is 5.78. The molecular weight excluding hydrogens is 304 g/mol. The average Bonchev–Trinajstić information content (AvgIpc) is 2.67. The molecule has 1 aliphatic heterocycles. The molecule has 3 rings (SSSR count). The quantitative estimate of drug-likeness (QED) is 0.916. The van der Waals surface area contributed by atoms with E-state index in [0.717, 1.165) is 24.4 Å². The Balaban J connectivity index is 1.67. The van der Waals surface area contributed by atoms with Gasteiger partial charge in [0.15, 0.2) is 6.61 Å². The zero-order valence-electron chi connectivity index (χ0n) is 13.8. The topological polar surface area (TPSA) is 50.8 Å². The van der Waals surface area contributed by atoms with Crippen molar-refractivity contribution in [3.8, 4) is 11.5 Å². The Hall–Kier alpha value is -2.53. The van der Waals surface area contributed by atoms with Crippen LogP contribution in [0.5, 0.6) is 11.5 Å². The van der Waals surface area contributed by atoms with Crippen molar-refractivity contribution in [2.45, 2.75) is 6.04 Å². The minimum absolute atomic E-state index is 0.00108. The molecule has 1 amide bonds. The Morgan fingerprint density at radius 3 is 2.58 bits per heavy atom. The van der Waals surface area contributed by atoms with Crippen LogP contribution in [0.3, 0.4) is 0 Å². The molecule has 0 saturated carbocycles. The van der Waals surface area contributed by atoms with Crippen LogP contribution in [0.15, 0.2) is 54.6 Å². The first-order valence-corrected chi connectivity index (χ1v) is 8.10. The van der Waals surface area contributed by atoms with E-state index >= 15 is 0 Å². The van der Waals surface area contributed by atoms with Gasteiger partial charge in [-0.05, 0) is 29.8 Å². The van der Waals surface area contributed by atoms with Crippen LogP contribution in [0.4, 0.5) is 0 Å². The van der Waals surface area contributed by atoms with E-state index in [4.69, 9.17) is 9.47 Å². The number of hydrogen-bond acceptors (Lipinski definition) is 4. The molecule has 0 bridgehead atoms. The van der Waals surface area contributed by atoms with Gasteiger partial charge in [0.1, 0.15) is 11.5 Å². The number of piperazine rings is 1. The van der Waals surface area contributed by atoms with Gasteiger partial charge in [0.2, 0.25) is 0 Å². The molecule has 1 N–H and O–H groups in total. The number of methoxy groups -OCH3 is 1. The number of hydrogen-bond donors (Lipinski definition) is 1. The van der Waals surface area contributed by atoms with Crippen LogP contribution in [0.1, 0.15) is 11.6 Å². The summed E-state index contributed by atoms with van der Waals surface area (Å²) in [6.07, 6.45) is 0. The van der Waals surface area contributed by atoms with Crippen molar-refractivity contribution in [2.24, 2.45) is 0 Å². The number of amides is 1. The summed E-state index contributed by atoms with van der Waals surface area (Å²) in [5.41, 5.74) is 1.09. The van der Waals surface area contributed by atoms with Crippen LogP contribution < -0.4 is 14.8 Å². The highest BCUT2D eigenvalue weighted by Crippen LogP contribution is 2.24. The molecular formula is C19H22N2O3. The fourth-order valence-corrected chi connectivity index (χ4v) is 2.87. The van der Waals surface area contributed by atoms with Gasteiger partial charge < -0.3 is 19.7 Å². The highest BCUT2D eigenvalue weighted by atomic mass is 16.5. The lowest BCUT2D eigenvalue weighted by molar-refractivity contribution is -0.136. The van der Waals surface area contributed by atoms with Gasteiger partial charge in [-0.2, -0.15) is 0 Å². The Kier molecular flexibility index (Phi) is 5.33. The lowest BCUT2D eigenvalue weighted by Crippen LogP contribution is -2.50. The lowest BCUT2D eigenvalue weighted by Gasteiger charge is -2.36. The largest absolute Gasteiger partial charge is 0.497 e. The van der Waals surface area contributed by atoms with E-state index in [0.29, 0.717) is 12.3 Å². The Morgan fingerprint density at radius 1 is 1.12 bits per heavy atom. The van der Waals surface area contributed by atoms with Gasteiger partial charge in [0, 0.05) is 19.6 Å². The van der Waals surface area contributed by atoms with Crippen molar-refractivity contribution in [1.82, 2.24) is 10.2 Å². The molecule has 0 spiro atoms. The standard InChI is InChI=1S/C19H22N2O3/c1-23-16-9-7-15(8-10-16)18-13-20-11-12-21(18)19(22)14-24-17-5-3-2-4-6-17/h2-10,18,20H,11-14H2,1H3/t18-/m1/s1. The summed E-state index contributed by atoms with van der Waals surface area (Å²) in [5, 5.41) is 3.35. The smallest absolute Gasteiger partial charge is 0.261 e. The summed E-state index contributed by atoms with van der Waals surface area (Å²) in [7, 11) is 1.65. The van der Waals surface area contributed by atoms with Gasteiger partial charge in [-0.25, -0.2) is 0 Å². The number of carbonyl (C=O) groups excluding carboxylic acids is 1. The number of benzene rings is 2. The monoisotopic (exact) mass is 326 g/mol. The van der Waals surface area contributed by atoms with Crippen LogP contribution in [0.25, 0.3) is 0 Å². The number of ether oxygens (including phenoxy) is 2. The maximum atomic E-state index is 12.6. The molecule has 5 nitrogen and oxygen atoms in total. The first kappa shape index (κ1) is 16.3. The van der Waals surface area contributed by atoms with E-state index in [2.05, 4.69) is 5.32 Å². The Labute approximate surface area is 142 Å². The first-order valence-electron chi connectivity index (χ1n) is 8.10. The second-order valence-corrected chi connectivity index (χ2v) is 5.68. The number of carbonyl (C=O) groups is 1. The number of nitrogens with one attached hydrogen (secondary N) is 1. The van der Waals surface area contributed by atoms with Gasteiger partial charge in [0.25, 0.3) is 5.91 Å². The Bertz CT molecular complexity index is 658. The van der Waals surface area contributed by atoms with E-state index in [-0.39, 0.29) is 18.6 Å². The third kappa shape index (κ3) is 3.86. The molecule has 1 atom stereocenters. The lowest BCUT2D eigenvalue weighted by atomic mass is 10.0. The highest BCUT2D eigenvalue weighted by Gasteiger charge is 2.28. The number of para-hydroxylation sites is 1. The molecule has 1 aliphatic rings. The van der Waals surface area contributed by atoms with Crippen LogP contribution in [-0.4, -0.2) is 44.2 Å². The molecule has 1 saturated heterocycles. The van der Waals surface area contributed by atoms with Crippen LogP contribution >= 0.6 is 0 Å². The minimum Gasteiger partial charge on any atom is -0.497 e. The molecule has 5 heteroatoms. The minimum atomic E-state index is 0.00108. The zero-order valence-corrected chi connectivity index (χ0v) is 13.8. The SMILES string of the molecule is COc1ccc([C@H]2CNCCN2C(=O)COc2ccccc2)cc1. The van der Waals surface area contributed by atoms with Crippen molar-refractivity contribution >= 4 is 5.91 Å². The molecule has 0 unspecified atom stereocenters. The summed E-state index contributed by atoms with van der Waals surface area (Å²) in [5.74, 6) is 1.52. The number of nitrogens with zero attached hydrogens (tertiary/aromatic N) is 1. The predicted molar refractivity (Wildman–Crippen MR) is 92.3 cm³/mol. The summed E-state index contributed by atoms with van der Waals surface area (Å²) >= 11 is 0. The third-order valence-corrected chi connectivity index (χ3v) is 4.17. The van der Waals surface area contributed by atoms with Crippen molar-refractivity contribution in [1.29, 1.82) is 0 Å². The van der Waals surface area contributed by atoms with Gasteiger partial charge in [0.05, 0.1) is 13.2 Å². The molecule has 1 fully saturated rings. The van der Waals surface area contributed by atoms with Crippen LogP contribution in [0, 0.1) is 0 Å². The fraction of sp³-hybridized carbons (Fsp3) is 0.316. The van der Waals surface area contributed by atoms with E-state index in [1.807, 2.05) is 59.5 Å². The average molecular weight is 326 g/mol. The predicted octanol–water partition coefficient (Wildman–Crippen LogP) is 2.25. The first-order chi connectivity index (χ1) is 11.8. The van der Waals surface area contributed by atoms with Gasteiger partial charge in [-0.15, -0.1) is 0 Å². The molecule has 126 valence electrons. The second-order valence-electron chi connectivity index (χ2n) is 5.68. The molecule has 2 aromatic rings. The maximum Gasteiger partial charge on any atom is 0.261 e. The summed E-state index contributed by atoms with van der Waals surface area (Å²) in [4.78, 5) is 14.5. The van der Waals surface area contributed by atoms with E-state index in [9.17, 15) is 4.79 Å². The molecule has 0 aromatic heterocycles. The van der Waals surface area contributed by atoms with Gasteiger partial charge in [-0.3, -0.25) is 4.79 Å². The van der Waals surface area contributed by atoms with Crippen molar-refractivity contribution < 1.29 is 14.3 Å². The Morgan fingerprint density at radius 2 is 1.88 bits per heavy atom. The normalized spacial score (nSPS) is 17.4. The summed E-state index contributed by atoms with van der Waals surface area (Å²) in [6.45, 7) is 2.26. The van der Waals surface area contributed by atoms with Gasteiger partial charge in [-0.1, -0.05) is 30.3 Å². The van der Waals surface area contributed by atoms with Crippen molar-refractivity contribution in [3.63, 3.8) is 0 Å². The summed E-state index contributed by atoms with van der Waals surface area (Å²) in [6, 6.07) is 17.3. The molecule has 0 aliphatic carbocycles. The van der Waals surface area contributed by atoms with Gasteiger partial charge >= 0.3 is 0 Å². The van der Waals surface area contributed by atoms with E-state index < -0.39 is 0 Å². The summed E-state index contributed by atoms with van der Waals surface area (Å²) < 4.78 is 10.8. The molecule has 1 heterocycles. The van der Waals surface area contributed by atoms with Crippen molar-refractivity contribution in [2.75, 3.05) is 33.4 Å². The van der Waals surface area contributed by atoms with Crippen LogP contribution in [-0.2, 0) is 4.79 Å². The third-order valence-electron chi connectivity index (χ3n) is 4.17. The van der Waals surface area contributed by atoms with Crippen molar-refractivity contribution in [3.05, 3.63) is 60.2 Å². The molecule has 0 radical (unpaired) electrons. The number of rotatable bonds is 5. The van der Waals surface area contributed by atoms with Crippen LogP contribution in [0.2, 0.25) is 0 Å². The maximum absolute atomic E-state index is 12.6. The second kappa shape index (κ2) is 7.84.